The fourth-order valence-electron chi connectivity index (χ4n) is 2.76. The molecule has 1 unspecified atom stereocenters. The third kappa shape index (κ3) is 4.48. The molecular formula is C15H24FN3. The highest BCUT2D eigenvalue weighted by Crippen LogP contribution is 2.17. The van der Waals surface area contributed by atoms with Crippen molar-refractivity contribution < 1.29 is 4.39 Å². The highest BCUT2D eigenvalue weighted by molar-refractivity contribution is 5.42. The van der Waals surface area contributed by atoms with E-state index in [1.807, 2.05) is 6.07 Å². The topological polar surface area (TPSA) is 18.5 Å². The first kappa shape index (κ1) is 14.3. The summed E-state index contributed by atoms with van der Waals surface area (Å²) in [5.41, 5.74) is 0.864. The zero-order chi connectivity index (χ0) is 13.7. The first-order valence-corrected chi connectivity index (χ1v) is 7.03. The van der Waals surface area contributed by atoms with Gasteiger partial charge in [0.05, 0.1) is 0 Å². The van der Waals surface area contributed by atoms with Crippen LogP contribution in [0.5, 0.6) is 0 Å². The molecule has 0 aliphatic carbocycles. The van der Waals surface area contributed by atoms with Gasteiger partial charge in [0, 0.05) is 31.4 Å². The minimum atomic E-state index is -0.184. The van der Waals surface area contributed by atoms with Crippen LogP contribution in [0.3, 0.4) is 0 Å². The van der Waals surface area contributed by atoms with Crippen LogP contribution in [-0.4, -0.2) is 56.1 Å². The molecular weight excluding hydrogens is 241 g/mol. The van der Waals surface area contributed by atoms with E-state index in [0.717, 1.165) is 25.3 Å². The standard InChI is InChI=1S/C15H24FN3/c1-18(2)12-15-7-4-9-19(15)10-8-17-14-6-3-5-13(16)11-14/h3,5-6,11,15,17H,4,7-10,12H2,1-2H3. The van der Waals surface area contributed by atoms with Crippen molar-refractivity contribution in [3.05, 3.63) is 30.1 Å². The Bertz CT molecular complexity index is 395. The van der Waals surface area contributed by atoms with Crippen LogP contribution >= 0.6 is 0 Å². The molecule has 3 nitrogen and oxygen atoms in total. The van der Waals surface area contributed by atoms with E-state index in [0.29, 0.717) is 6.04 Å². The number of benzene rings is 1. The molecule has 1 N–H and O–H groups in total. The second kappa shape index (κ2) is 6.87. The van der Waals surface area contributed by atoms with E-state index in [2.05, 4.69) is 29.2 Å². The van der Waals surface area contributed by atoms with Crippen LogP contribution in [0.25, 0.3) is 0 Å². The first-order chi connectivity index (χ1) is 9.15. The fraction of sp³-hybridized carbons (Fsp3) is 0.600. The van der Waals surface area contributed by atoms with E-state index in [4.69, 9.17) is 0 Å². The summed E-state index contributed by atoms with van der Waals surface area (Å²) in [5, 5.41) is 3.29. The summed E-state index contributed by atoms with van der Waals surface area (Å²) in [6.45, 7) is 4.20. The van der Waals surface area contributed by atoms with Gasteiger partial charge in [-0.3, -0.25) is 4.90 Å². The molecule has 0 radical (unpaired) electrons. The normalized spacial score (nSPS) is 20.1. The van der Waals surface area contributed by atoms with Crippen molar-refractivity contribution in [1.82, 2.24) is 9.80 Å². The maximum Gasteiger partial charge on any atom is 0.125 e. The number of halogens is 1. The average Bonchev–Trinajstić information content (AvgIpc) is 2.76. The maximum absolute atomic E-state index is 13.0. The Morgan fingerprint density at radius 1 is 1.42 bits per heavy atom. The summed E-state index contributed by atoms with van der Waals surface area (Å²) in [6.07, 6.45) is 2.58. The van der Waals surface area contributed by atoms with Gasteiger partial charge in [-0.05, 0) is 51.7 Å². The quantitative estimate of drug-likeness (QED) is 0.851. The SMILES string of the molecule is CN(C)CC1CCCN1CCNc1cccc(F)c1. The Morgan fingerprint density at radius 3 is 3.00 bits per heavy atom. The number of rotatable bonds is 6. The molecule has 1 heterocycles. The highest BCUT2D eigenvalue weighted by Gasteiger charge is 2.23. The zero-order valence-corrected chi connectivity index (χ0v) is 11.9. The van der Waals surface area contributed by atoms with Gasteiger partial charge in [-0.1, -0.05) is 6.07 Å². The van der Waals surface area contributed by atoms with Gasteiger partial charge < -0.3 is 10.2 Å². The minimum Gasteiger partial charge on any atom is -0.384 e. The third-order valence-electron chi connectivity index (χ3n) is 3.63. The monoisotopic (exact) mass is 265 g/mol. The Kier molecular flexibility index (Phi) is 5.16. The first-order valence-electron chi connectivity index (χ1n) is 7.03. The van der Waals surface area contributed by atoms with Gasteiger partial charge in [-0.2, -0.15) is 0 Å². The number of likely N-dealkylation sites (N-methyl/N-ethyl adjacent to an activating group) is 1. The Hall–Kier alpha value is -1.13. The van der Waals surface area contributed by atoms with Crippen molar-refractivity contribution in [2.24, 2.45) is 0 Å². The van der Waals surface area contributed by atoms with Gasteiger partial charge in [0.25, 0.3) is 0 Å². The Labute approximate surface area is 115 Å². The van der Waals surface area contributed by atoms with Crippen molar-refractivity contribution in [2.75, 3.05) is 45.6 Å². The van der Waals surface area contributed by atoms with Crippen molar-refractivity contribution in [3.8, 4) is 0 Å². The van der Waals surface area contributed by atoms with Gasteiger partial charge in [0.2, 0.25) is 0 Å². The average molecular weight is 265 g/mol. The van der Waals surface area contributed by atoms with E-state index in [1.165, 1.54) is 25.5 Å². The molecule has 2 rings (SSSR count). The molecule has 1 atom stereocenters. The van der Waals surface area contributed by atoms with E-state index in [1.54, 1.807) is 12.1 Å². The molecule has 0 aromatic heterocycles. The number of nitrogens with one attached hydrogen (secondary N) is 1. The van der Waals surface area contributed by atoms with Gasteiger partial charge >= 0.3 is 0 Å². The summed E-state index contributed by atoms with van der Waals surface area (Å²) < 4.78 is 13.0. The molecule has 19 heavy (non-hydrogen) atoms. The summed E-state index contributed by atoms with van der Waals surface area (Å²) in [4.78, 5) is 4.79. The lowest BCUT2D eigenvalue weighted by molar-refractivity contribution is 0.214. The van der Waals surface area contributed by atoms with Crippen LogP contribution < -0.4 is 5.32 Å². The van der Waals surface area contributed by atoms with Crippen LogP contribution in [0.15, 0.2) is 24.3 Å². The molecule has 0 bridgehead atoms. The van der Waals surface area contributed by atoms with E-state index < -0.39 is 0 Å². The van der Waals surface area contributed by atoms with E-state index >= 15 is 0 Å². The van der Waals surface area contributed by atoms with Gasteiger partial charge in [-0.25, -0.2) is 4.39 Å². The summed E-state index contributed by atoms with van der Waals surface area (Å²) >= 11 is 0. The van der Waals surface area contributed by atoms with Gasteiger partial charge in [0.1, 0.15) is 5.82 Å². The molecule has 1 aliphatic heterocycles. The molecule has 0 spiro atoms. The summed E-state index contributed by atoms with van der Waals surface area (Å²) in [7, 11) is 4.25. The third-order valence-corrected chi connectivity index (χ3v) is 3.63. The smallest absolute Gasteiger partial charge is 0.125 e. The zero-order valence-electron chi connectivity index (χ0n) is 11.9. The lowest BCUT2D eigenvalue weighted by atomic mass is 10.2. The molecule has 1 aliphatic rings. The van der Waals surface area contributed by atoms with Crippen LogP contribution in [-0.2, 0) is 0 Å². The number of hydrogen-bond donors (Lipinski definition) is 1. The van der Waals surface area contributed by atoms with Crippen LogP contribution in [0.2, 0.25) is 0 Å². The van der Waals surface area contributed by atoms with Crippen LogP contribution in [0.1, 0.15) is 12.8 Å². The van der Waals surface area contributed by atoms with Crippen LogP contribution in [0.4, 0.5) is 10.1 Å². The second-order valence-corrected chi connectivity index (χ2v) is 5.53. The predicted octanol–water partition coefficient (Wildman–Crippen LogP) is 2.26. The maximum atomic E-state index is 13.0. The second-order valence-electron chi connectivity index (χ2n) is 5.53. The Morgan fingerprint density at radius 2 is 2.26 bits per heavy atom. The summed E-state index contributed by atoms with van der Waals surface area (Å²) in [6, 6.07) is 7.33. The lowest BCUT2D eigenvalue weighted by Crippen LogP contribution is -2.39. The van der Waals surface area contributed by atoms with Crippen LogP contribution in [0, 0.1) is 5.82 Å². The predicted molar refractivity (Wildman–Crippen MR) is 78.0 cm³/mol. The fourth-order valence-corrected chi connectivity index (χ4v) is 2.76. The van der Waals surface area contributed by atoms with Crippen molar-refractivity contribution >= 4 is 5.69 Å². The van der Waals surface area contributed by atoms with Crippen molar-refractivity contribution in [3.63, 3.8) is 0 Å². The molecule has 106 valence electrons. The van der Waals surface area contributed by atoms with Gasteiger partial charge in [-0.15, -0.1) is 0 Å². The number of nitrogens with zero attached hydrogens (tertiary/aromatic N) is 2. The molecule has 0 amide bonds. The van der Waals surface area contributed by atoms with Crippen molar-refractivity contribution in [2.45, 2.75) is 18.9 Å². The molecule has 1 aromatic rings. The molecule has 1 saturated heterocycles. The minimum absolute atomic E-state index is 0.184. The Balaban J connectivity index is 1.75. The van der Waals surface area contributed by atoms with Gasteiger partial charge in [0.15, 0.2) is 0 Å². The van der Waals surface area contributed by atoms with E-state index in [-0.39, 0.29) is 5.82 Å². The molecule has 1 aromatic carbocycles. The molecule has 0 saturated carbocycles. The highest BCUT2D eigenvalue weighted by atomic mass is 19.1. The molecule has 1 fully saturated rings. The summed E-state index contributed by atoms with van der Waals surface area (Å²) in [5.74, 6) is -0.184. The number of hydrogen-bond acceptors (Lipinski definition) is 3. The number of anilines is 1. The van der Waals surface area contributed by atoms with Crippen molar-refractivity contribution in [1.29, 1.82) is 0 Å². The largest absolute Gasteiger partial charge is 0.384 e. The van der Waals surface area contributed by atoms with E-state index in [9.17, 15) is 4.39 Å². The molecule has 4 heteroatoms. The lowest BCUT2D eigenvalue weighted by Gasteiger charge is -2.27. The number of likely N-dealkylation sites (tertiary alicyclic amines) is 1.